The molecular formula is C23H22N2O2S. The lowest BCUT2D eigenvalue weighted by Crippen LogP contribution is -2.34. The van der Waals surface area contributed by atoms with Crippen LogP contribution in [0.5, 0.6) is 0 Å². The molecule has 142 valence electrons. The van der Waals surface area contributed by atoms with Crippen LogP contribution in [0.25, 0.3) is 11.1 Å². The van der Waals surface area contributed by atoms with Crippen molar-refractivity contribution in [3.8, 4) is 11.1 Å². The molecule has 3 rings (SSSR count). The number of hydrogen-bond acceptors (Lipinski definition) is 3. The van der Waals surface area contributed by atoms with E-state index >= 15 is 0 Å². The Labute approximate surface area is 169 Å². The molecule has 5 heteroatoms. The fraction of sp³-hybridized carbons (Fsp3) is 0.130. The highest BCUT2D eigenvalue weighted by atomic mass is 32.2. The minimum Gasteiger partial charge on any atom is -0.350 e. The molecular weight excluding hydrogens is 368 g/mol. The zero-order valence-corrected chi connectivity index (χ0v) is 16.5. The van der Waals surface area contributed by atoms with E-state index in [2.05, 4.69) is 34.9 Å². The van der Waals surface area contributed by atoms with Crippen molar-refractivity contribution in [3.63, 3.8) is 0 Å². The van der Waals surface area contributed by atoms with Gasteiger partial charge in [-0.05, 0) is 53.8 Å². The summed E-state index contributed by atoms with van der Waals surface area (Å²) in [6.45, 7) is 0.735. The van der Waals surface area contributed by atoms with E-state index in [1.54, 1.807) is 30.0 Å². The molecule has 4 nitrogen and oxygen atoms in total. The van der Waals surface area contributed by atoms with Gasteiger partial charge in [0.25, 0.3) is 11.8 Å². The van der Waals surface area contributed by atoms with E-state index in [1.165, 1.54) is 4.90 Å². The Hall–Kier alpha value is -3.05. The summed E-state index contributed by atoms with van der Waals surface area (Å²) in [5, 5.41) is 5.64. The second kappa shape index (κ2) is 9.76. The fourth-order valence-electron chi connectivity index (χ4n) is 2.77. The summed E-state index contributed by atoms with van der Waals surface area (Å²) in [5.74, 6) is -0.304. The number of carbonyl (C=O) groups is 2. The standard InChI is InChI=1S/C23H22N2O2S/c1-28-21-12-10-17(11-13-21)19-8-5-9-20(16-19)23(27)25-15-14-24-22(26)18-6-3-2-4-7-18/h2-13,16H,14-15H2,1H3,(H,24,26)(H,25,27). The van der Waals surface area contributed by atoms with Crippen molar-refractivity contribution < 1.29 is 9.59 Å². The number of benzene rings is 3. The molecule has 0 saturated heterocycles. The molecule has 0 aromatic heterocycles. The maximum atomic E-state index is 12.4. The molecule has 0 spiro atoms. The Bertz CT molecular complexity index is 940. The van der Waals surface area contributed by atoms with E-state index in [4.69, 9.17) is 0 Å². The van der Waals surface area contributed by atoms with E-state index in [0.717, 1.165) is 11.1 Å². The third-order valence-corrected chi connectivity index (χ3v) is 5.02. The van der Waals surface area contributed by atoms with Crippen LogP contribution in [0.15, 0.2) is 83.8 Å². The van der Waals surface area contributed by atoms with Gasteiger partial charge in [0.15, 0.2) is 0 Å². The quantitative estimate of drug-likeness (QED) is 0.469. The molecule has 3 aromatic rings. The first-order valence-corrected chi connectivity index (χ1v) is 10.3. The maximum absolute atomic E-state index is 12.4. The highest BCUT2D eigenvalue weighted by Crippen LogP contribution is 2.23. The van der Waals surface area contributed by atoms with Crippen molar-refractivity contribution in [3.05, 3.63) is 90.0 Å². The second-order valence-corrected chi connectivity index (χ2v) is 7.07. The van der Waals surface area contributed by atoms with Crippen molar-refractivity contribution in [2.45, 2.75) is 4.90 Å². The monoisotopic (exact) mass is 390 g/mol. The average Bonchev–Trinajstić information content (AvgIpc) is 2.77. The molecule has 0 fully saturated rings. The lowest BCUT2D eigenvalue weighted by Gasteiger charge is -2.09. The van der Waals surface area contributed by atoms with Crippen molar-refractivity contribution in [1.82, 2.24) is 10.6 Å². The smallest absolute Gasteiger partial charge is 0.251 e. The zero-order valence-electron chi connectivity index (χ0n) is 15.6. The Morgan fingerprint density at radius 3 is 1.96 bits per heavy atom. The Kier molecular flexibility index (Phi) is 6.87. The first kappa shape index (κ1) is 19.7. The predicted octanol–water partition coefficient (Wildman–Crippen LogP) is 4.24. The van der Waals surface area contributed by atoms with Crippen LogP contribution in [0.4, 0.5) is 0 Å². The molecule has 0 aliphatic carbocycles. The van der Waals surface area contributed by atoms with Gasteiger partial charge in [-0.15, -0.1) is 11.8 Å². The molecule has 0 radical (unpaired) electrons. The summed E-state index contributed by atoms with van der Waals surface area (Å²) in [6.07, 6.45) is 2.04. The van der Waals surface area contributed by atoms with E-state index < -0.39 is 0 Å². The lowest BCUT2D eigenvalue weighted by atomic mass is 10.0. The third kappa shape index (κ3) is 5.24. The number of nitrogens with one attached hydrogen (secondary N) is 2. The number of amides is 2. The second-order valence-electron chi connectivity index (χ2n) is 6.19. The van der Waals surface area contributed by atoms with Crippen molar-refractivity contribution in [1.29, 1.82) is 0 Å². The largest absolute Gasteiger partial charge is 0.350 e. The van der Waals surface area contributed by atoms with Crippen molar-refractivity contribution >= 4 is 23.6 Å². The van der Waals surface area contributed by atoms with Crippen LogP contribution >= 0.6 is 11.8 Å². The van der Waals surface area contributed by atoms with Gasteiger partial charge in [-0.1, -0.05) is 42.5 Å². The molecule has 0 aliphatic heterocycles. The molecule has 0 atom stereocenters. The summed E-state index contributed by atoms with van der Waals surface area (Å²) >= 11 is 1.70. The molecule has 0 heterocycles. The number of carbonyl (C=O) groups excluding carboxylic acids is 2. The summed E-state index contributed by atoms with van der Waals surface area (Å²) in [7, 11) is 0. The first-order chi connectivity index (χ1) is 13.7. The molecule has 2 amide bonds. The van der Waals surface area contributed by atoms with Crippen LogP contribution in [0.1, 0.15) is 20.7 Å². The van der Waals surface area contributed by atoms with Gasteiger partial charge in [-0.3, -0.25) is 9.59 Å². The van der Waals surface area contributed by atoms with Crippen LogP contribution in [-0.2, 0) is 0 Å². The topological polar surface area (TPSA) is 58.2 Å². The van der Waals surface area contributed by atoms with E-state index in [1.807, 2.05) is 42.7 Å². The fourth-order valence-corrected chi connectivity index (χ4v) is 3.18. The van der Waals surface area contributed by atoms with Gasteiger partial charge < -0.3 is 10.6 Å². The summed E-state index contributed by atoms with van der Waals surface area (Å²) in [5.41, 5.74) is 3.27. The van der Waals surface area contributed by atoms with E-state index in [0.29, 0.717) is 24.2 Å². The maximum Gasteiger partial charge on any atom is 0.251 e. The molecule has 0 saturated carbocycles. The molecule has 3 aromatic carbocycles. The average molecular weight is 391 g/mol. The minimum absolute atomic E-state index is 0.148. The highest BCUT2D eigenvalue weighted by Gasteiger charge is 2.08. The highest BCUT2D eigenvalue weighted by molar-refractivity contribution is 7.98. The molecule has 28 heavy (non-hydrogen) atoms. The first-order valence-electron chi connectivity index (χ1n) is 9.03. The van der Waals surface area contributed by atoms with Gasteiger partial charge in [-0.25, -0.2) is 0 Å². The predicted molar refractivity (Wildman–Crippen MR) is 115 cm³/mol. The van der Waals surface area contributed by atoms with Crippen LogP contribution in [0.3, 0.4) is 0 Å². The van der Waals surface area contributed by atoms with E-state index in [9.17, 15) is 9.59 Å². The zero-order chi connectivity index (χ0) is 19.8. The molecule has 0 unspecified atom stereocenters. The van der Waals surface area contributed by atoms with Crippen LogP contribution in [0.2, 0.25) is 0 Å². The van der Waals surface area contributed by atoms with Gasteiger partial charge in [0, 0.05) is 29.1 Å². The van der Waals surface area contributed by atoms with Crippen molar-refractivity contribution in [2.75, 3.05) is 19.3 Å². The van der Waals surface area contributed by atoms with Crippen LogP contribution < -0.4 is 10.6 Å². The number of thioether (sulfide) groups is 1. The molecule has 0 bridgehead atoms. The minimum atomic E-state index is -0.156. The van der Waals surface area contributed by atoms with Gasteiger partial charge in [0.1, 0.15) is 0 Å². The summed E-state index contributed by atoms with van der Waals surface area (Å²) in [6, 6.07) is 24.8. The Balaban J connectivity index is 1.53. The number of rotatable bonds is 7. The molecule has 0 aliphatic rings. The SMILES string of the molecule is CSc1ccc(-c2cccc(C(=O)NCCNC(=O)c3ccccc3)c2)cc1. The normalized spacial score (nSPS) is 10.3. The van der Waals surface area contributed by atoms with Gasteiger partial charge >= 0.3 is 0 Å². The van der Waals surface area contributed by atoms with Gasteiger partial charge in [0.2, 0.25) is 0 Å². The van der Waals surface area contributed by atoms with Gasteiger partial charge in [-0.2, -0.15) is 0 Å². The van der Waals surface area contributed by atoms with E-state index in [-0.39, 0.29) is 11.8 Å². The Morgan fingerprint density at radius 2 is 1.32 bits per heavy atom. The van der Waals surface area contributed by atoms with Crippen molar-refractivity contribution in [2.24, 2.45) is 0 Å². The molecule has 2 N–H and O–H groups in total. The van der Waals surface area contributed by atoms with Gasteiger partial charge in [0.05, 0.1) is 0 Å². The Morgan fingerprint density at radius 1 is 0.714 bits per heavy atom. The van der Waals surface area contributed by atoms with Crippen LogP contribution in [0, 0.1) is 0 Å². The number of hydrogen-bond donors (Lipinski definition) is 2. The van der Waals surface area contributed by atoms with Crippen LogP contribution in [-0.4, -0.2) is 31.2 Å². The summed E-state index contributed by atoms with van der Waals surface area (Å²) in [4.78, 5) is 25.6. The lowest BCUT2D eigenvalue weighted by molar-refractivity contribution is 0.0927. The third-order valence-electron chi connectivity index (χ3n) is 4.28. The summed E-state index contributed by atoms with van der Waals surface area (Å²) < 4.78 is 0.